The van der Waals surface area contributed by atoms with E-state index in [9.17, 15) is 0 Å². The van der Waals surface area contributed by atoms with Crippen molar-refractivity contribution in [2.24, 2.45) is 0 Å². The first-order chi connectivity index (χ1) is 4.35. The van der Waals surface area contributed by atoms with Gasteiger partial charge in [-0.2, -0.15) is 0 Å². The van der Waals surface area contributed by atoms with Gasteiger partial charge >= 0.3 is 0 Å². The molecule has 0 saturated carbocycles. The summed E-state index contributed by atoms with van der Waals surface area (Å²) in [6.45, 7) is 9.77. The molecule has 0 aliphatic heterocycles. The van der Waals surface area contributed by atoms with Gasteiger partial charge in [0.1, 0.15) is 0 Å². The van der Waals surface area contributed by atoms with Crippen LogP contribution >= 0.6 is 0 Å². The number of nitrogens with one attached hydrogen (secondary N) is 1. The summed E-state index contributed by atoms with van der Waals surface area (Å²) in [4.78, 5) is 0. The molecular weight excluding hydrogens is 112 g/mol. The molecule has 1 N–H and O–H groups in total. The van der Waals surface area contributed by atoms with E-state index in [0.717, 1.165) is 19.6 Å². The molecule has 0 aliphatic carbocycles. The van der Waals surface area contributed by atoms with Crippen molar-refractivity contribution in [3.63, 3.8) is 0 Å². The van der Waals surface area contributed by atoms with E-state index in [0.29, 0.717) is 0 Å². The highest BCUT2D eigenvalue weighted by molar-refractivity contribution is 4.44. The number of nitrogens with zero attached hydrogens (tertiary/aromatic N) is 1. The number of hydrogen-bond acceptors (Lipinski definition) is 2. The summed E-state index contributed by atoms with van der Waals surface area (Å²) in [7, 11) is 0. The highest BCUT2D eigenvalue weighted by Crippen LogP contribution is 1.83. The Bertz CT molecular complexity index is 48.9. The molecule has 0 saturated heterocycles. The Kier molecular flexibility index (Phi) is 5.99. The maximum Gasteiger partial charge on any atom is 0.0128 e. The van der Waals surface area contributed by atoms with Crippen LogP contribution in [0.3, 0.4) is 0 Å². The van der Waals surface area contributed by atoms with E-state index in [1.54, 1.807) is 0 Å². The van der Waals surface area contributed by atoms with Crippen molar-refractivity contribution in [1.29, 1.82) is 0 Å². The van der Waals surface area contributed by atoms with Crippen LogP contribution in [0.1, 0.15) is 27.2 Å². The minimum absolute atomic E-state index is 1.04. The zero-order chi connectivity index (χ0) is 7.11. The Morgan fingerprint density at radius 1 is 1.22 bits per heavy atom. The van der Waals surface area contributed by atoms with Gasteiger partial charge in [-0.05, 0) is 6.42 Å². The largest absolute Gasteiger partial charge is 0.255 e. The van der Waals surface area contributed by atoms with Crippen molar-refractivity contribution in [3.05, 3.63) is 0 Å². The molecule has 0 aliphatic rings. The normalized spacial score (nSPS) is 10.7. The molecule has 0 atom stereocenters. The molecule has 0 spiro atoms. The molecule has 0 rings (SSSR count). The van der Waals surface area contributed by atoms with Crippen molar-refractivity contribution in [3.8, 4) is 0 Å². The standard InChI is InChI=1S/C7H18N2/c1-4-7-9(6-3)8-5-2/h8H,4-7H2,1-3H3. The van der Waals surface area contributed by atoms with E-state index in [4.69, 9.17) is 0 Å². The molecule has 2 nitrogen and oxygen atoms in total. The van der Waals surface area contributed by atoms with Crippen molar-refractivity contribution in [2.45, 2.75) is 27.2 Å². The number of hydrazine groups is 1. The molecule has 0 amide bonds. The molecule has 0 unspecified atom stereocenters. The Morgan fingerprint density at radius 2 is 1.89 bits per heavy atom. The lowest BCUT2D eigenvalue weighted by Gasteiger charge is -2.19. The van der Waals surface area contributed by atoms with Gasteiger partial charge in [-0.15, -0.1) is 0 Å². The Labute approximate surface area is 58.2 Å². The molecular formula is C7H18N2. The number of hydrogen-bond donors (Lipinski definition) is 1. The Morgan fingerprint density at radius 3 is 2.22 bits per heavy atom. The first kappa shape index (κ1) is 8.92. The minimum atomic E-state index is 1.04. The third-order valence-corrected chi connectivity index (χ3v) is 1.26. The van der Waals surface area contributed by atoms with E-state index < -0.39 is 0 Å². The van der Waals surface area contributed by atoms with Crippen LogP contribution in [0.5, 0.6) is 0 Å². The fourth-order valence-electron chi connectivity index (χ4n) is 0.842. The minimum Gasteiger partial charge on any atom is -0.255 e. The smallest absolute Gasteiger partial charge is 0.0128 e. The summed E-state index contributed by atoms with van der Waals surface area (Å²) >= 11 is 0. The second-order valence-corrected chi connectivity index (χ2v) is 2.09. The van der Waals surface area contributed by atoms with E-state index >= 15 is 0 Å². The zero-order valence-electron chi connectivity index (χ0n) is 6.78. The third kappa shape index (κ3) is 4.43. The van der Waals surface area contributed by atoms with Crippen LogP contribution in [-0.2, 0) is 0 Å². The summed E-state index contributed by atoms with van der Waals surface area (Å²) < 4.78 is 0. The molecule has 0 heterocycles. The average Bonchev–Trinajstić information content (AvgIpc) is 1.88. The van der Waals surface area contributed by atoms with Crippen LogP contribution in [0.25, 0.3) is 0 Å². The summed E-state index contributed by atoms with van der Waals surface area (Å²) in [5, 5.41) is 2.24. The fraction of sp³-hybridized carbons (Fsp3) is 1.00. The van der Waals surface area contributed by atoms with Crippen LogP contribution in [0.4, 0.5) is 0 Å². The third-order valence-electron chi connectivity index (χ3n) is 1.26. The van der Waals surface area contributed by atoms with Crippen LogP contribution in [0.2, 0.25) is 0 Å². The summed E-state index contributed by atoms with van der Waals surface area (Å²) in [6.07, 6.45) is 1.22. The predicted octanol–water partition coefficient (Wildman–Crippen LogP) is 1.24. The predicted molar refractivity (Wildman–Crippen MR) is 41.2 cm³/mol. The Hall–Kier alpha value is -0.0800. The number of rotatable bonds is 5. The van der Waals surface area contributed by atoms with Gasteiger partial charge in [0, 0.05) is 19.6 Å². The molecule has 0 fully saturated rings. The zero-order valence-corrected chi connectivity index (χ0v) is 6.78. The van der Waals surface area contributed by atoms with Crippen LogP contribution in [0.15, 0.2) is 0 Å². The Balaban J connectivity index is 3.18. The summed E-state index contributed by atoms with van der Waals surface area (Å²) in [5.41, 5.74) is 3.27. The van der Waals surface area contributed by atoms with Gasteiger partial charge in [0.15, 0.2) is 0 Å². The van der Waals surface area contributed by atoms with Gasteiger partial charge in [-0.3, -0.25) is 5.43 Å². The molecule has 0 aromatic rings. The quantitative estimate of drug-likeness (QED) is 0.563. The first-order valence-electron chi connectivity index (χ1n) is 3.83. The lowest BCUT2D eigenvalue weighted by Crippen LogP contribution is -2.37. The summed E-state index contributed by atoms with van der Waals surface area (Å²) in [6, 6.07) is 0. The van der Waals surface area contributed by atoms with E-state index in [2.05, 4.69) is 31.2 Å². The van der Waals surface area contributed by atoms with Gasteiger partial charge in [0.25, 0.3) is 0 Å². The molecule has 9 heavy (non-hydrogen) atoms. The van der Waals surface area contributed by atoms with E-state index in [1.165, 1.54) is 6.42 Å². The second kappa shape index (κ2) is 6.05. The lowest BCUT2D eigenvalue weighted by molar-refractivity contribution is 0.203. The molecule has 0 aromatic heterocycles. The molecule has 0 aromatic carbocycles. The molecule has 0 bridgehead atoms. The lowest BCUT2D eigenvalue weighted by atomic mass is 10.4. The maximum atomic E-state index is 3.27. The summed E-state index contributed by atoms with van der Waals surface area (Å²) in [5.74, 6) is 0. The van der Waals surface area contributed by atoms with Gasteiger partial charge in [-0.25, -0.2) is 5.01 Å². The van der Waals surface area contributed by atoms with E-state index in [-0.39, 0.29) is 0 Å². The van der Waals surface area contributed by atoms with E-state index in [1.807, 2.05) is 0 Å². The van der Waals surface area contributed by atoms with Crippen LogP contribution in [0, 0.1) is 0 Å². The first-order valence-corrected chi connectivity index (χ1v) is 3.83. The maximum absolute atomic E-state index is 3.27. The average molecular weight is 130 g/mol. The van der Waals surface area contributed by atoms with Gasteiger partial charge < -0.3 is 0 Å². The molecule has 0 radical (unpaired) electrons. The van der Waals surface area contributed by atoms with Gasteiger partial charge in [-0.1, -0.05) is 20.8 Å². The van der Waals surface area contributed by atoms with Crippen molar-refractivity contribution in [1.82, 2.24) is 10.4 Å². The molecule has 2 heteroatoms. The van der Waals surface area contributed by atoms with Crippen molar-refractivity contribution in [2.75, 3.05) is 19.6 Å². The fourth-order valence-corrected chi connectivity index (χ4v) is 0.842. The molecule has 56 valence electrons. The second-order valence-electron chi connectivity index (χ2n) is 2.09. The highest BCUT2D eigenvalue weighted by Gasteiger charge is 1.94. The van der Waals surface area contributed by atoms with Crippen molar-refractivity contribution >= 4 is 0 Å². The van der Waals surface area contributed by atoms with Crippen LogP contribution in [-0.4, -0.2) is 24.6 Å². The monoisotopic (exact) mass is 130 g/mol. The van der Waals surface area contributed by atoms with Crippen LogP contribution < -0.4 is 5.43 Å². The SMILES string of the molecule is CCCN(CC)NCC. The van der Waals surface area contributed by atoms with Gasteiger partial charge in [0.05, 0.1) is 0 Å². The van der Waals surface area contributed by atoms with Crippen molar-refractivity contribution < 1.29 is 0 Å². The highest BCUT2D eigenvalue weighted by atomic mass is 15.5. The topological polar surface area (TPSA) is 15.3 Å². The van der Waals surface area contributed by atoms with Gasteiger partial charge in [0.2, 0.25) is 0 Å².